The van der Waals surface area contributed by atoms with Gasteiger partial charge < -0.3 is 4.40 Å². The summed E-state index contributed by atoms with van der Waals surface area (Å²) >= 11 is 0. The van der Waals surface area contributed by atoms with Crippen LogP contribution in [0.2, 0.25) is 0 Å². The third-order valence-corrected chi connectivity index (χ3v) is 2.12. The van der Waals surface area contributed by atoms with Crippen molar-refractivity contribution in [2.45, 2.75) is 12.1 Å². The van der Waals surface area contributed by atoms with E-state index in [4.69, 9.17) is 0 Å². The van der Waals surface area contributed by atoms with Crippen LogP contribution in [0.3, 0.4) is 0 Å². The number of hydrogen-bond donors (Lipinski definition) is 0. The van der Waals surface area contributed by atoms with Gasteiger partial charge in [0.2, 0.25) is 0 Å². The predicted molar refractivity (Wildman–Crippen MR) is 45.1 cm³/mol. The molecule has 7 heteroatoms. The molecule has 0 atom stereocenters. The first-order chi connectivity index (χ1) is 7.32. The van der Waals surface area contributed by atoms with Crippen molar-refractivity contribution in [2.24, 2.45) is 0 Å². The zero-order valence-corrected chi connectivity index (χ0v) is 7.67. The Kier molecular flexibility index (Phi) is 2.14. The molecule has 0 N–H and O–H groups in total. The van der Waals surface area contributed by atoms with Gasteiger partial charge in [-0.25, -0.2) is 4.98 Å². The highest BCUT2D eigenvalue weighted by molar-refractivity contribution is 5.42. The number of nitrogens with zero attached hydrogens (tertiary/aromatic N) is 2. The maximum atomic E-state index is 12.9. The Hall–Kier alpha value is -1.66. The minimum absolute atomic E-state index is 0.0430. The van der Waals surface area contributed by atoms with Gasteiger partial charge in [-0.15, -0.1) is 0 Å². The summed E-state index contributed by atoms with van der Waals surface area (Å²) in [4.78, 5) is 3.64. The molecule has 86 valence electrons. The number of halogens is 5. The Bertz CT molecular complexity index is 514. The summed E-state index contributed by atoms with van der Waals surface area (Å²) in [7, 11) is 0. The van der Waals surface area contributed by atoms with Gasteiger partial charge in [0, 0.05) is 24.2 Å². The van der Waals surface area contributed by atoms with E-state index in [-0.39, 0.29) is 5.65 Å². The van der Waals surface area contributed by atoms with E-state index in [1.165, 1.54) is 16.8 Å². The summed E-state index contributed by atoms with van der Waals surface area (Å²) in [6, 6.07) is 1.44. The minimum atomic E-state index is -5.60. The van der Waals surface area contributed by atoms with Crippen molar-refractivity contribution >= 4 is 5.65 Å². The lowest BCUT2D eigenvalue weighted by atomic mass is 10.1. The van der Waals surface area contributed by atoms with Gasteiger partial charge in [0.1, 0.15) is 5.65 Å². The number of aromatic nitrogens is 2. The molecule has 0 bridgehead atoms. The van der Waals surface area contributed by atoms with Gasteiger partial charge in [-0.05, 0) is 12.1 Å². The molecule has 0 fully saturated rings. The fraction of sp³-hybridized carbons (Fsp3) is 0.222. The first-order valence-corrected chi connectivity index (χ1v) is 4.20. The molecule has 2 heterocycles. The van der Waals surface area contributed by atoms with Gasteiger partial charge in [0.25, 0.3) is 0 Å². The molecule has 2 aromatic rings. The number of pyridine rings is 1. The Morgan fingerprint density at radius 1 is 1.06 bits per heavy atom. The summed E-state index contributed by atoms with van der Waals surface area (Å²) in [6.07, 6.45) is -1.73. The number of alkyl halides is 5. The van der Waals surface area contributed by atoms with E-state index in [0.717, 1.165) is 12.3 Å². The van der Waals surface area contributed by atoms with E-state index in [2.05, 4.69) is 4.98 Å². The summed E-state index contributed by atoms with van der Waals surface area (Å²) in [5.74, 6) is -4.86. The van der Waals surface area contributed by atoms with E-state index in [1.807, 2.05) is 0 Å². The summed E-state index contributed by atoms with van der Waals surface area (Å²) in [5, 5.41) is 0. The second-order valence-corrected chi connectivity index (χ2v) is 3.18. The molecule has 0 spiro atoms. The average Bonchev–Trinajstić information content (AvgIpc) is 2.61. The summed E-state index contributed by atoms with van der Waals surface area (Å²) in [5.41, 5.74) is -1.07. The fourth-order valence-electron chi connectivity index (χ4n) is 1.27. The lowest BCUT2D eigenvalue weighted by molar-refractivity contribution is -0.289. The van der Waals surface area contributed by atoms with Crippen LogP contribution in [0.15, 0.2) is 30.7 Å². The minimum Gasteiger partial charge on any atom is -0.307 e. The molecule has 16 heavy (non-hydrogen) atoms. The third-order valence-electron chi connectivity index (χ3n) is 2.12. The largest absolute Gasteiger partial charge is 0.458 e. The molecular formula is C9H5F5N2. The van der Waals surface area contributed by atoms with Crippen LogP contribution in [-0.2, 0) is 5.92 Å². The van der Waals surface area contributed by atoms with Crippen LogP contribution in [-0.4, -0.2) is 15.6 Å². The highest BCUT2D eigenvalue weighted by atomic mass is 19.4. The topological polar surface area (TPSA) is 17.3 Å². The lowest BCUT2D eigenvalue weighted by Gasteiger charge is -2.19. The molecule has 0 saturated carbocycles. The van der Waals surface area contributed by atoms with Crippen molar-refractivity contribution in [1.82, 2.24) is 9.38 Å². The molecule has 0 aromatic carbocycles. The van der Waals surface area contributed by atoms with Crippen molar-refractivity contribution in [3.05, 3.63) is 36.3 Å². The maximum Gasteiger partial charge on any atom is 0.458 e. The van der Waals surface area contributed by atoms with Crippen molar-refractivity contribution in [3.63, 3.8) is 0 Å². The number of hydrogen-bond acceptors (Lipinski definition) is 1. The van der Waals surface area contributed by atoms with Crippen LogP contribution in [0.5, 0.6) is 0 Å². The normalized spacial score (nSPS) is 13.3. The van der Waals surface area contributed by atoms with E-state index in [1.54, 1.807) is 0 Å². The first-order valence-electron chi connectivity index (χ1n) is 4.20. The van der Waals surface area contributed by atoms with Crippen LogP contribution in [0, 0.1) is 0 Å². The van der Waals surface area contributed by atoms with Crippen molar-refractivity contribution < 1.29 is 22.0 Å². The van der Waals surface area contributed by atoms with Crippen molar-refractivity contribution in [3.8, 4) is 0 Å². The monoisotopic (exact) mass is 236 g/mol. The second kappa shape index (κ2) is 3.16. The zero-order chi connectivity index (χ0) is 12.0. The van der Waals surface area contributed by atoms with Crippen molar-refractivity contribution in [2.75, 3.05) is 0 Å². The molecule has 0 unspecified atom stereocenters. The third kappa shape index (κ3) is 1.52. The van der Waals surface area contributed by atoms with E-state index >= 15 is 0 Å². The molecule has 2 rings (SSSR count). The van der Waals surface area contributed by atoms with E-state index in [0.29, 0.717) is 6.07 Å². The Balaban J connectivity index is 2.54. The first kappa shape index (κ1) is 10.8. The Morgan fingerprint density at radius 2 is 1.75 bits per heavy atom. The number of rotatable bonds is 1. The number of fused-ring (bicyclic) bond motifs is 1. The fourth-order valence-corrected chi connectivity index (χ4v) is 1.27. The predicted octanol–water partition coefficient (Wildman–Crippen LogP) is 2.99. The van der Waals surface area contributed by atoms with Gasteiger partial charge in [0.15, 0.2) is 0 Å². The average molecular weight is 236 g/mol. The molecule has 2 nitrogen and oxygen atoms in total. The van der Waals surface area contributed by atoms with Gasteiger partial charge in [0.05, 0.1) is 0 Å². The molecule has 0 saturated heterocycles. The Morgan fingerprint density at radius 3 is 2.38 bits per heavy atom. The molecule has 0 aliphatic rings. The second-order valence-electron chi connectivity index (χ2n) is 3.18. The molecule has 0 amide bonds. The van der Waals surface area contributed by atoms with Crippen molar-refractivity contribution in [1.29, 1.82) is 0 Å². The molecule has 0 radical (unpaired) electrons. The molecular weight excluding hydrogens is 231 g/mol. The quantitative estimate of drug-likeness (QED) is 0.696. The van der Waals surface area contributed by atoms with Crippen LogP contribution in [0.1, 0.15) is 5.56 Å². The van der Waals surface area contributed by atoms with Crippen LogP contribution < -0.4 is 0 Å². The van der Waals surface area contributed by atoms with Gasteiger partial charge in [-0.2, -0.15) is 22.0 Å². The SMILES string of the molecule is FC(F)(F)C(F)(F)c1ccn2ccnc2c1. The summed E-state index contributed by atoms with van der Waals surface area (Å²) < 4.78 is 63.4. The van der Waals surface area contributed by atoms with Crippen LogP contribution >= 0.6 is 0 Å². The highest BCUT2D eigenvalue weighted by Gasteiger charge is 2.58. The molecule has 0 aliphatic heterocycles. The van der Waals surface area contributed by atoms with E-state index in [9.17, 15) is 22.0 Å². The summed E-state index contributed by atoms with van der Waals surface area (Å²) in [6.45, 7) is 0. The molecule has 2 aromatic heterocycles. The van der Waals surface area contributed by atoms with Gasteiger partial charge >= 0.3 is 12.1 Å². The highest BCUT2D eigenvalue weighted by Crippen LogP contribution is 2.43. The smallest absolute Gasteiger partial charge is 0.307 e. The molecule has 0 aliphatic carbocycles. The maximum absolute atomic E-state index is 12.9. The van der Waals surface area contributed by atoms with Crippen LogP contribution in [0.4, 0.5) is 22.0 Å². The van der Waals surface area contributed by atoms with Crippen LogP contribution in [0.25, 0.3) is 5.65 Å². The Labute approximate surface area is 86.3 Å². The number of imidazole rings is 1. The van der Waals surface area contributed by atoms with Gasteiger partial charge in [-0.3, -0.25) is 0 Å². The van der Waals surface area contributed by atoms with Gasteiger partial charge in [-0.1, -0.05) is 0 Å². The lowest BCUT2D eigenvalue weighted by Crippen LogP contribution is -2.33. The zero-order valence-electron chi connectivity index (χ0n) is 7.67. The van der Waals surface area contributed by atoms with E-state index < -0.39 is 17.7 Å². The standard InChI is InChI=1S/C9H5F5N2/c10-8(11,9(12,13)14)6-1-3-16-4-2-15-7(16)5-6/h1-5H.